The average Bonchev–Trinajstić information content (AvgIpc) is 3.25. The lowest BCUT2D eigenvalue weighted by Gasteiger charge is -2.12. The number of rotatable bonds is 6. The van der Waals surface area contributed by atoms with Crippen LogP contribution < -0.4 is 20.1 Å². The molecule has 1 aromatic heterocycles. The summed E-state index contributed by atoms with van der Waals surface area (Å²) >= 11 is 3.51. The molecule has 0 radical (unpaired) electrons. The van der Waals surface area contributed by atoms with Gasteiger partial charge in [-0.25, -0.2) is 0 Å². The lowest BCUT2D eigenvalue weighted by atomic mass is 10.2. The number of aliphatic imine (C=N–C) groups is 1. The van der Waals surface area contributed by atoms with Crippen LogP contribution in [-0.4, -0.2) is 36.1 Å². The van der Waals surface area contributed by atoms with Crippen LogP contribution in [0.25, 0.3) is 0 Å². The van der Waals surface area contributed by atoms with Crippen molar-refractivity contribution in [3.63, 3.8) is 0 Å². The van der Waals surface area contributed by atoms with Gasteiger partial charge in [0.25, 0.3) is 0 Å². The van der Waals surface area contributed by atoms with E-state index in [1.54, 1.807) is 13.2 Å². The van der Waals surface area contributed by atoms with Crippen LogP contribution >= 0.6 is 15.9 Å². The number of fused-ring (bicyclic) bond motifs is 1. The maximum Gasteiger partial charge on any atom is 0.231 e. The van der Waals surface area contributed by atoms with Gasteiger partial charge in [-0.05, 0) is 46.1 Å². The van der Waals surface area contributed by atoms with Crippen LogP contribution in [0.3, 0.4) is 0 Å². The lowest BCUT2D eigenvalue weighted by Crippen LogP contribution is -2.37. The van der Waals surface area contributed by atoms with Gasteiger partial charge in [0, 0.05) is 39.1 Å². The molecule has 0 saturated carbocycles. The van der Waals surface area contributed by atoms with Crippen molar-refractivity contribution in [2.45, 2.75) is 19.5 Å². The molecule has 0 fully saturated rings. The monoisotopic (exact) mass is 393 g/mol. The Morgan fingerprint density at radius 3 is 3.08 bits per heavy atom. The fourth-order valence-electron chi connectivity index (χ4n) is 2.41. The zero-order valence-electron chi connectivity index (χ0n) is 13.5. The smallest absolute Gasteiger partial charge is 0.231 e. The summed E-state index contributed by atoms with van der Waals surface area (Å²) in [5.41, 5.74) is 1.09. The summed E-state index contributed by atoms with van der Waals surface area (Å²) < 4.78 is 13.6. The number of aryl methyl sites for hydroxylation is 1. The van der Waals surface area contributed by atoms with Gasteiger partial charge < -0.3 is 20.1 Å². The molecule has 2 heterocycles. The van der Waals surface area contributed by atoms with E-state index in [0.717, 1.165) is 47.0 Å². The highest BCUT2D eigenvalue weighted by atomic mass is 79.9. The molecule has 0 atom stereocenters. The first-order valence-electron chi connectivity index (χ1n) is 7.76. The van der Waals surface area contributed by atoms with Gasteiger partial charge in [-0.3, -0.25) is 9.67 Å². The van der Waals surface area contributed by atoms with E-state index in [2.05, 4.69) is 36.7 Å². The van der Waals surface area contributed by atoms with E-state index in [1.165, 1.54) is 0 Å². The molecule has 2 N–H and O–H groups in total. The van der Waals surface area contributed by atoms with E-state index < -0.39 is 0 Å². The van der Waals surface area contributed by atoms with Crippen molar-refractivity contribution < 1.29 is 9.47 Å². The van der Waals surface area contributed by atoms with Gasteiger partial charge in [0.1, 0.15) is 0 Å². The van der Waals surface area contributed by atoms with Crippen molar-refractivity contribution >= 4 is 21.9 Å². The molecule has 0 aliphatic carbocycles. The minimum absolute atomic E-state index is 0.268. The number of ether oxygens (including phenoxy) is 2. The molecule has 24 heavy (non-hydrogen) atoms. The van der Waals surface area contributed by atoms with Crippen molar-refractivity contribution in [3.8, 4) is 11.5 Å². The molecule has 1 aliphatic heterocycles. The number of aromatic nitrogens is 2. The molecule has 0 saturated heterocycles. The van der Waals surface area contributed by atoms with Crippen LogP contribution in [0.1, 0.15) is 12.0 Å². The van der Waals surface area contributed by atoms with Gasteiger partial charge in [0.15, 0.2) is 17.5 Å². The van der Waals surface area contributed by atoms with Gasteiger partial charge in [-0.2, -0.15) is 5.10 Å². The van der Waals surface area contributed by atoms with Crippen LogP contribution in [-0.2, 0) is 13.1 Å². The number of nitrogens with zero attached hydrogens (tertiary/aromatic N) is 3. The van der Waals surface area contributed by atoms with Crippen LogP contribution in [0.4, 0.5) is 0 Å². The summed E-state index contributed by atoms with van der Waals surface area (Å²) in [5, 5.41) is 10.8. The molecule has 7 nitrogen and oxygen atoms in total. The molecule has 0 unspecified atom stereocenters. The SMILES string of the molecule is CN=C(NCCCn1cccn1)NCc1cc(Br)c2c(c1)OCO2. The molecule has 128 valence electrons. The molecule has 0 bridgehead atoms. The molecule has 1 aliphatic rings. The van der Waals surface area contributed by atoms with Crippen molar-refractivity contribution in [2.75, 3.05) is 20.4 Å². The van der Waals surface area contributed by atoms with Crippen molar-refractivity contribution in [1.29, 1.82) is 0 Å². The van der Waals surface area contributed by atoms with Crippen molar-refractivity contribution in [3.05, 3.63) is 40.6 Å². The van der Waals surface area contributed by atoms with Gasteiger partial charge in [-0.1, -0.05) is 0 Å². The maximum atomic E-state index is 5.43. The third-order valence-electron chi connectivity index (χ3n) is 3.59. The van der Waals surface area contributed by atoms with E-state index in [9.17, 15) is 0 Å². The average molecular weight is 394 g/mol. The zero-order valence-corrected chi connectivity index (χ0v) is 15.0. The van der Waals surface area contributed by atoms with Gasteiger partial charge >= 0.3 is 0 Å². The summed E-state index contributed by atoms with van der Waals surface area (Å²) in [6.45, 7) is 2.62. The highest BCUT2D eigenvalue weighted by Crippen LogP contribution is 2.39. The molecule has 0 spiro atoms. The van der Waals surface area contributed by atoms with E-state index in [4.69, 9.17) is 9.47 Å². The van der Waals surface area contributed by atoms with E-state index in [0.29, 0.717) is 6.54 Å². The minimum Gasteiger partial charge on any atom is -0.454 e. The second-order valence-corrected chi connectivity index (χ2v) is 6.14. The molecular weight excluding hydrogens is 374 g/mol. The number of guanidine groups is 1. The van der Waals surface area contributed by atoms with Crippen LogP contribution in [0.2, 0.25) is 0 Å². The topological polar surface area (TPSA) is 72.7 Å². The maximum absolute atomic E-state index is 5.43. The Kier molecular flexibility index (Phi) is 5.58. The summed E-state index contributed by atoms with van der Waals surface area (Å²) in [4.78, 5) is 4.24. The van der Waals surface area contributed by atoms with Crippen molar-refractivity contribution in [1.82, 2.24) is 20.4 Å². The van der Waals surface area contributed by atoms with Gasteiger partial charge in [0.05, 0.1) is 4.47 Å². The van der Waals surface area contributed by atoms with Gasteiger partial charge in [0.2, 0.25) is 6.79 Å². The molecule has 1 aromatic carbocycles. The summed E-state index contributed by atoms with van der Waals surface area (Å²) in [5.74, 6) is 2.30. The fourth-order valence-corrected chi connectivity index (χ4v) is 3.01. The first kappa shape index (κ1) is 16.6. The Morgan fingerprint density at radius 1 is 1.38 bits per heavy atom. The van der Waals surface area contributed by atoms with Crippen molar-refractivity contribution in [2.24, 2.45) is 4.99 Å². The fraction of sp³-hybridized carbons (Fsp3) is 0.375. The Morgan fingerprint density at radius 2 is 2.29 bits per heavy atom. The highest BCUT2D eigenvalue weighted by Gasteiger charge is 2.17. The highest BCUT2D eigenvalue weighted by molar-refractivity contribution is 9.10. The Labute approximate surface area is 149 Å². The summed E-state index contributed by atoms with van der Waals surface area (Å²) in [6, 6.07) is 5.92. The number of benzene rings is 1. The first-order chi connectivity index (χ1) is 11.8. The van der Waals surface area contributed by atoms with Crippen LogP contribution in [0.15, 0.2) is 40.1 Å². The lowest BCUT2D eigenvalue weighted by molar-refractivity contribution is 0.173. The second kappa shape index (κ2) is 8.05. The van der Waals surface area contributed by atoms with E-state index >= 15 is 0 Å². The first-order valence-corrected chi connectivity index (χ1v) is 8.55. The minimum atomic E-state index is 0.268. The molecule has 0 amide bonds. The molecule has 2 aromatic rings. The third-order valence-corrected chi connectivity index (χ3v) is 4.18. The van der Waals surface area contributed by atoms with Crippen LogP contribution in [0.5, 0.6) is 11.5 Å². The number of hydrogen-bond acceptors (Lipinski definition) is 4. The number of nitrogens with one attached hydrogen (secondary N) is 2. The second-order valence-electron chi connectivity index (χ2n) is 5.29. The summed E-state index contributed by atoms with van der Waals surface area (Å²) in [7, 11) is 1.76. The molecular formula is C16H20BrN5O2. The molecule has 3 rings (SSSR count). The number of hydrogen-bond donors (Lipinski definition) is 2. The predicted octanol–water partition coefficient (Wildman–Crippen LogP) is 2.13. The quantitative estimate of drug-likeness (QED) is 0.446. The Hall–Kier alpha value is -2.22. The molecule has 8 heteroatoms. The Balaban J connectivity index is 1.45. The zero-order chi connectivity index (χ0) is 16.8. The van der Waals surface area contributed by atoms with E-state index in [1.807, 2.05) is 29.1 Å². The third kappa shape index (κ3) is 4.19. The van der Waals surface area contributed by atoms with Gasteiger partial charge in [-0.15, -0.1) is 0 Å². The van der Waals surface area contributed by atoms with Crippen LogP contribution in [0, 0.1) is 0 Å². The largest absolute Gasteiger partial charge is 0.454 e. The summed E-state index contributed by atoms with van der Waals surface area (Å²) in [6.07, 6.45) is 4.72. The number of halogens is 1. The van der Waals surface area contributed by atoms with E-state index in [-0.39, 0.29) is 6.79 Å². The normalized spacial score (nSPS) is 13.2. The predicted molar refractivity (Wildman–Crippen MR) is 95.3 cm³/mol. The standard InChI is InChI=1S/C16H20BrN5O2/c1-18-16(19-4-2-6-22-7-3-5-21-22)20-10-12-8-13(17)15-14(9-12)23-11-24-15/h3,5,7-9H,2,4,6,10-11H2,1H3,(H2,18,19,20). The Bertz CT molecular complexity index is 703.